The molecule has 1 aromatic heterocycles. The Morgan fingerprint density at radius 3 is 2.79 bits per heavy atom. The van der Waals surface area contributed by atoms with Gasteiger partial charge in [0.05, 0.1) is 18.5 Å². The third kappa shape index (κ3) is 3.84. The summed E-state index contributed by atoms with van der Waals surface area (Å²) in [6.45, 7) is 2.68. The minimum Gasteiger partial charge on any atom is -0.359 e. The van der Waals surface area contributed by atoms with Crippen molar-refractivity contribution in [1.82, 2.24) is 15.1 Å². The molecule has 1 saturated heterocycles. The van der Waals surface area contributed by atoms with Gasteiger partial charge in [0, 0.05) is 25.0 Å². The Morgan fingerprint density at radius 2 is 2.00 bits per heavy atom. The van der Waals surface area contributed by atoms with Gasteiger partial charge in [-0.15, -0.1) is 11.3 Å². The van der Waals surface area contributed by atoms with Gasteiger partial charge in [-0.25, -0.2) is 0 Å². The second-order valence-corrected chi connectivity index (χ2v) is 8.64. The lowest BCUT2D eigenvalue weighted by Crippen LogP contribution is -2.49. The molecule has 2 aliphatic heterocycles. The number of likely N-dealkylation sites (tertiary alicyclic amines) is 1. The molecule has 2 aliphatic rings. The summed E-state index contributed by atoms with van der Waals surface area (Å²) in [4.78, 5) is 30.9. The van der Waals surface area contributed by atoms with Crippen molar-refractivity contribution >= 4 is 23.2 Å². The average Bonchev–Trinajstić information content (AvgIpc) is 3.22. The van der Waals surface area contributed by atoms with Crippen molar-refractivity contribution in [3.05, 3.63) is 57.8 Å². The van der Waals surface area contributed by atoms with E-state index < -0.39 is 0 Å². The fraction of sp³-hybridized carbons (Fsp3) is 0.455. The first-order chi connectivity index (χ1) is 13.7. The summed E-state index contributed by atoms with van der Waals surface area (Å²) < 4.78 is 0. The molecule has 28 heavy (non-hydrogen) atoms. The minimum atomic E-state index is -0.0127. The molecule has 0 saturated carbocycles. The molecule has 2 unspecified atom stereocenters. The van der Waals surface area contributed by atoms with Crippen molar-refractivity contribution in [3.63, 3.8) is 0 Å². The zero-order valence-electron chi connectivity index (χ0n) is 16.3. The highest BCUT2D eigenvalue weighted by molar-refractivity contribution is 7.10. The van der Waals surface area contributed by atoms with Crippen LogP contribution in [0.1, 0.15) is 34.9 Å². The number of carbonyl (C=O) groups is 2. The fourth-order valence-electron chi connectivity index (χ4n) is 4.48. The first kappa shape index (κ1) is 19.2. The van der Waals surface area contributed by atoms with Crippen molar-refractivity contribution in [2.75, 3.05) is 33.2 Å². The van der Waals surface area contributed by atoms with Crippen LogP contribution >= 0.6 is 11.3 Å². The Bertz CT molecular complexity index is 835. The van der Waals surface area contributed by atoms with Crippen LogP contribution in [0.5, 0.6) is 0 Å². The Hall–Kier alpha value is -2.18. The summed E-state index contributed by atoms with van der Waals surface area (Å²) in [7, 11) is 1.68. The summed E-state index contributed by atoms with van der Waals surface area (Å²) in [5.74, 6) is 0.227. The van der Waals surface area contributed by atoms with Crippen molar-refractivity contribution in [1.29, 1.82) is 0 Å². The topological polar surface area (TPSA) is 52.7 Å². The molecule has 2 atom stereocenters. The molecular weight excluding hydrogens is 370 g/mol. The van der Waals surface area contributed by atoms with E-state index in [4.69, 9.17) is 0 Å². The second-order valence-electron chi connectivity index (χ2n) is 7.64. The van der Waals surface area contributed by atoms with E-state index in [0.29, 0.717) is 13.1 Å². The van der Waals surface area contributed by atoms with Gasteiger partial charge < -0.3 is 10.2 Å². The van der Waals surface area contributed by atoms with Crippen LogP contribution in [0.4, 0.5) is 0 Å². The quantitative estimate of drug-likeness (QED) is 0.863. The van der Waals surface area contributed by atoms with Crippen LogP contribution in [-0.2, 0) is 16.0 Å². The maximum atomic E-state index is 13.3. The number of carbonyl (C=O) groups excluding carboxylic acids is 2. The number of rotatable bonds is 4. The lowest BCUT2D eigenvalue weighted by molar-refractivity contribution is -0.136. The van der Waals surface area contributed by atoms with Gasteiger partial charge in [0.2, 0.25) is 11.8 Å². The highest BCUT2D eigenvalue weighted by Gasteiger charge is 2.34. The Labute approximate surface area is 170 Å². The molecule has 5 nitrogen and oxygen atoms in total. The minimum absolute atomic E-state index is 0.0109. The molecule has 3 heterocycles. The Kier molecular flexibility index (Phi) is 5.78. The van der Waals surface area contributed by atoms with Crippen LogP contribution in [0.2, 0.25) is 0 Å². The molecule has 1 fully saturated rings. The number of hydrogen-bond donors (Lipinski definition) is 1. The molecule has 4 rings (SSSR count). The molecule has 0 aliphatic carbocycles. The predicted octanol–water partition coefficient (Wildman–Crippen LogP) is 2.68. The van der Waals surface area contributed by atoms with Crippen LogP contribution in [0, 0.1) is 5.92 Å². The van der Waals surface area contributed by atoms with Gasteiger partial charge in [0.25, 0.3) is 0 Å². The van der Waals surface area contributed by atoms with Gasteiger partial charge in [-0.1, -0.05) is 30.3 Å². The van der Waals surface area contributed by atoms with E-state index in [0.717, 1.165) is 37.9 Å². The largest absolute Gasteiger partial charge is 0.359 e. The van der Waals surface area contributed by atoms with Gasteiger partial charge in [-0.2, -0.15) is 0 Å². The number of amides is 2. The lowest BCUT2D eigenvalue weighted by atomic mass is 9.93. The van der Waals surface area contributed by atoms with E-state index in [1.165, 1.54) is 10.4 Å². The van der Waals surface area contributed by atoms with Crippen LogP contribution < -0.4 is 5.32 Å². The average molecular weight is 398 g/mol. The molecule has 0 spiro atoms. The van der Waals surface area contributed by atoms with E-state index in [2.05, 4.69) is 33.8 Å². The van der Waals surface area contributed by atoms with E-state index in [1.807, 2.05) is 23.1 Å². The number of fused-ring (bicyclic) bond motifs is 1. The van der Waals surface area contributed by atoms with E-state index in [1.54, 1.807) is 18.4 Å². The van der Waals surface area contributed by atoms with Gasteiger partial charge in [0.15, 0.2) is 0 Å². The third-order valence-corrected chi connectivity index (χ3v) is 6.88. The maximum Gasteiger partial charge on any atom is 0.237 e. The number of nitrogens with zero attached hydrogens (tertiary/aromatic N) is 2. The summed E-state index contributed by atoms with van der Waals surface area (Å²) in [6, 6.07) is 12.5. The van der Waals surface area contributed by atoms with Crippen LogP contribution in [0.25, 0.3) is 0 Å². The fourth-order valence-corrected chi connectivity index (χ4v) is 5.38. The number of hydrogen-bond acceptors (Lipinski definition) is 4. The molecule has 0 radical (unpaired) electrons. The SMILES string of the molecule is CNC(=O)C1CCCN(CC(=O)N2CCc3sccc3C2c2ccccc2)C1. The molecule has 2 amide bonds. The third-order valence-electron chi connectivity index (χ3n) is 5.88. The summed E-state index contributed by atoms with van der Waals surface area (Å²) in [5.41, 5.74) is 2.43. The van der Waals surface area contributed by atoms with E-state index in [9.17, 15) is 9.59 Å². The number of piperidine rings is 1. The molecule has 0 bridgehead atoms. The van der Waals surface area contributed by atoms with Crippen LogP contribution in [-0.4, -0.2) is 54.8 Å². The van der Waals surface area contributed by atoms with Crippen molar-refractivity contribution < 1.29 is 9.59 Å². The van der Waals surface area contributed by atoms with Gasteiger partial charge in [0.1, 0.15) is 0 Å². The number of thiophene rings is 1. The first-order valence-electron chi connectivity index (χ1n) is 10.0. The molecule has 1 N–H and O–H groups in total. The molecule has 1 aromatic carbocycles. The molecule has 148 valence electrons. The van der Waals surface area contributed by atoms with Crippen LogP contribution in [0.3, 0.4) is 0 Å². The second kappa shape index (κ2) is 8.45. The lowest BCUT2D eigenvalue weighted by Gasteiger charge is -2.38. The van der Waals surface area contributed by atoms with Gasteiger partial charge in [-0.05, 0) is 48.4 Å². The van der Waals surface area contributed by atoms with Crippen molar-refractivity contribution in [3.8, 4) is 0 Å². The summed E-state index contributed by atoms with van der Waals surface area (Å²) in [5, 5.41) is 4.88. The molecule has 6 heteroatoms. The zero-order valence-corrected chi connectivity index (χ0v) is 17.1. The Balaban J connectivity index is 1.52. The number of nitrogens with one attached hydrogen (secondary N) is 1. The summed E-state index contributed by atoms with van der Waals surface area (Å²) >= 11 is 1.79. The molecular formula is C22H27N3O2S. The standard InChI is InChI=1S/C22H27N3O2S/c1-23-22(27)17-8-5-11-24(14-17)15-20(26)25-12-9-19-18(10-13-28-19)21(25)16-6-3-2-4-7-16/h2-4,6-7,10,13,17,21H,5,8-9,11-12,14-15H2,1H3,(H,23,27). The van der Waals surface area contributed by atoms with E-state index in [-0.39, 0.29) is 23.8 Å². The zero-order chi connectivity index (χ0) is 19.5. The molecule has 2 aromatic rings. The van der Waals surface area contributed by atoms with Gasteiger partial charge in [-0.3, -0.25) is 14.5 Å². The van der Waals surface area contributed by atoms with E-state index >= 15 is 0 Å². The monoisotopic (exact) mass is 397 g/mol. The highest BCUT2D eigenvalue weighted by atomic mass is 32.1. The predicted molar refractivity (Wildman–Crippen MR) is 111 cm³/mol. The Morgan fingerprint density at radius 1 is 1.18 bits per heavy atom. The normalized spacial score (nSPS) is 22.5. The smallest absolute Gasteiger partial charge is 0.237 e. The number of benzene rings is 1. The first-order valence-corrected chi connectivity index (χ1v) is 10.9. The van der Waals surface area contributed by atoms with Gasteiger partial charge >= 0.3 is 0 Å². The van der Waals surface area contributed by atoms with Crippen molar-refractivity contribution in [2.24, 2.45) is 5.92 Å². The van der Waals surface area contributed by atoms with Crippen molar-refractivity contribution in [2.45, 2.75) is 25.3 Å². The highest BCUT2D eigenvalue weighted by Crippen LogP contribution is 2.37. The van der Waals surface area contributed by atoms with Crippen LogP contribution in [0.15, 0.2) is 41.8 Å². The summed E-state index contributed by atoms with van der Waals surface area (Å²) in [6.07, 6.45) is 2.78. The maximum absolute atomic E-state index is 13.3.